The first-order valence-electron chi connectivity index (χ1n) is 8.85. The molecule has 2 aromatic carbocycles. The second kappa shape index (κ2) is 10.2. The average Bonchev–Trinajstić information content (AvgIpc) is 2.71. The van der Waals surface area contributed by atoms with Gasteiger partial charge in [0, 0.05) is 18.4 Å². The summed E-state index contributed by atoms with van der Waals surface area (Å²) < 4.78 is 5.19. The molecule has 1 amide bonds. The minimum atomic E-state index is -1.12. The van der Waals surface area contributed by atoms with Crippen molar-refractivity contribution in [3.8, 4) is 5.75 Å². The normalized spacial score (nSPS) is 11.2. The Labute approximate surface area is 163 Å². The Morgan fingerprint density at radius 1 is 1.21 bits per heavy atom. The van der Waals surface area contributed by atoms with E-state index in [-0.39, 0.29) is 6.61 Å². The van der Waals surface area contributed by atoms with Crippen LogP contribution in [-0.2, 0) is 16.0 Å². The van der Waals surface area contributed by atoms with E-state index in [4.69, 9.17) is 14.9 Å². The highest BCUT2D eigenvalue weighted by Crippen LogP contribution is 2.32. The van der Waals surface area contributed by atoms with E-state index < -0.39 is 12.5 Å². The van der Waals surface area contributed by atoms with Crippen LogP contribution >= 0.6 is 0 Å². The molecule has 0 aliphatic heterocycles. The summed E-state index contributed by atoms with van der Waals surface area (Å²) in [5.74, 6) is -0.628. The summed E-state index contributed by atoms with van der Waals surface area (Å²) in [4.78, 5) is 28.2. The van der Waals surface area contributed by atoms with Crippen LogP contribution in [0.15, 0.2) is 47.5 Å². The zero-order valence-corrected chi connectivity index (χ0v) is 16.0. The van der Waals surface area contributed by atoms with Gasteiger partial charge in [-0.3, -0.25) is 14.6 Å². The smallest absolute Gasteiger partial charge is 0.323 e. The van der Waals surface area contributed by atoms with Crippen LogP contribution in [0.4, 0.5) is 11.4 Å². The second-order valence-corrected chi connectivity index (χ2v) is 6.20. The van der Waals surface area contributed by atoms with E-state index >= 15 is 0 Å². The van der Waals surface area contributed by atoms with Crippen LogP contribution in [0.1, 0.15) is 24.5 Å². The first-order valence-corrected chi connectivity index (χ1v) is 8.85. The third-order valence-electron chi connectivity index (χ3n) is 4.21. The van der Waals surface area contributed by atoms with Crippen molar-refractivity contribution in [3.63, 3.8) is 0 Å². The van der Waals surface area contributed by atoms with Gasteiger partial charge in [-0.25, -0.2) is 0 Å². The third-order valence-corrected chi connectivity index (χ3v) is 4.21. The molecule has 0 radical (unpaired) electrons. The number of carboxylic acids is 1. The maximum Gasteiger partial charge on any atom is 0.323 e. The molecule has 7 nitrogen and oxygen atoms in total. The van der Waals surface area contributed by atoms with Crippen molar-refractivity contribution >= 4 is 29.5 Å². The quantitative estimate of drug-likeness (QED) is 0.485. The van der Waals surface area contributed by atoms with Gasteiger partial charge in [-0.15, -0.1) is 0 Å². The molecule has 0 aliphatic rings. The Bertz CT molecular complexity index is 846. The predicted molar refractivity (Wildman–Crippen MR) is 108 cm³/mol. The summed E-state index contributed by atoms with van der Waals surface area (Å²) in [6, 6.07) is 12.8. The van der Waals surface area contributed by atoms with E-state index in [0.717, 1.165) is 28.2 Å². The lowest BCUT2D eigenvalue weighted by atomic mass is 10.1. The lowest BCUT2D eigenvalue weighted by Gasteiger charge is -2.18. The van der Waals surface area contributed by atoms with Gasteiger partial charge in [0.2, 0.25) is 6.41 Å². The minimum Gasteiger partial charge on any atom is -0.497 e. The summed E-state index contributed by atoms with van der Waals surface area (Å²) in [7, 11) is 1.49. The number of aliphatic hydroxyl groups excluding tert-OH is 1. The molecule has 0 spiro atoms. The van der Waals surface area contributed by atoms with E-state index in [1.807, 2.05) is 31.2 Å². The lowest BCUT2D eigenvalue weighted by Crippen LogP contribution is -2.28. The number of methoxy groups -OCH3 is 1. The Hall–Kier alpha value is -3.19. The number of carbonyl (C=O) groups excluding carboxylic acids is 1. The molecule has 0 atom stereocenters. The highest BCUT2D eigenvalue weighted by Gasteiger charge is 2.15. The molecule has 7 heteroatoms. The van der Waals surface area contributed by atoms with Crippen LogP contribution in [0, 0.1) is 0 Å². The zero-order chi connectivity index (χ0) is 20.5. The van der Waals surface area contributed by atoms with Crippen molar-refractivity contribution in [2.75, 3.05) is 25.2 Å². The highest BCUT2D eigenvalue weighted by molar-refractivity contribution is 6.01. The Morgan fingerprint density at radius 2 is 1.93 bits per heavy atom. The third kappa shape index (κ3) is 5.65. The molecule has 2 rings (SSSR count). The van der Waals surface area contributed by atoms with E-state index in [9.17, 15) is 9.59 Å². The number of aliphatic hydroxyl groups is 1. The Balaban J connectivity index is 2.37. The molecular weight excluding hydrogens is 360 g/mol. The Morgan fingerprint density at radius 3 is 2.50 bits per heavy atom. The number of rotatable bonds is 10. The summed E-state index contributed by atoms with van der Waals surface area (Å²) >= 11 is 0. The zero-order valence-electron chi connectivity index (χ0n) is 16.0. The molecule has 0 fully saturated rings. The van der Waals surface area contributed by atoms with Gasteiger partial charge in [-0.05, 0) is 43.0 Å². The minimum absolute atomic E-state index is 0.159. The number of aliphatic carboxylic acids is 1. The number of aryl methyl sites for hydroxylation is 1. The number of hydrogen-bond acceptors (Lipinski definition) is 5. The molecule has 148 valence electrons. The fourth-order valence-corrected chi connectivity index (χ4v) is 2.72. The molecule has 0 saturated carbocycles. The van der Waals surface area contributed by atoms with Crippen molar-refractivity contribution in [3.05, 3.63) is 53.6 Å². The maximum absolute atomic E-state index is 11.4. The summed E-state index contributed by atoms with van der Waals surface area (Å²) in [5, 5.41) is 18.0. The highest BCUT2D eigenvalue weighted by atomic mass is 16.5. The van der Waals surface area contributed by atoms with Crippen LogP contribution in [0.25, 0.3) is 0 Å². The number of hydrogen-bond donors (Lipinski definition) is 2. The number of carboxylic acid groups (broad SMARTS) is 1. The molecule has 2 aromatic rings. The summed E-state index contributed by atoms with van der Waals surface area (Å²) in [5.41, 5.74) is 3.59. The Kier molecular flexibility index (Phi) is 7.71. The molecule has 28 heavy (non-hydrogen) atoms. The molecule has 2 N–H and O–H groups in total. The second-order valence-electron chi connectivity index (χ2n) is 6.20. The molecular formula is C21H24N2O5. The number of carbonyl (C=O) groups is 2. The van der Waals surface area contributed by atoms with E-state index in [0.29, 0.717) is 30.0 Å². The van der Waals surface area contributed by atoms with Gasteiger partial charge in [0.25, 0.3) is 0 Å². The van der Waals surface area contributed by atoms with E-state index in [1.165, 1.54) is 7.11 Å². The van der Waals surface area contributed by atoms with Gasteiger partial charge in [0.05, 0.1) is 18.5 Å². The van der Waals surface area contributed by atoms with Gasteiger partial charge in [0.1, 0.15) is 12.3 Å². The van der Waals surface area contributed by atoms with Gasteiger partial charge in [0.15, 0.2) is 0 Å². The number of nitrogens with zero attached hydrogens (tertiary/aromatic N) is 2. The van der Waals surface area contributed by atoms with Crippen LogP contribution in [0.2, 0.25) is 0 Å². The molecule has 0 heterocycles. The topological polar surface area (TPSA) is 99.4 Å². The summed E-state index contributed by atoms with van der Waals surface area (Å²) in [6.07, 6.45) is 1.99. The van der Waals surface area contributed by atoms with E-state index in [1.54, 1.807) is 18.2 Å². The largest absolute Gasteiger partial charge is 0.497 e. The SMILES string of the molecule is COc1ccc(/N=C(\C)c2ccc(CCCO)cc2)c(N(C=O)CC(=O)O)c1. The van der Waals surface area contributed by atoms with Gasteiger partial charge in [-0.2, -0.15) is 0 Å². The maximum atomic E-state index is 11.4. The number of anilines is 1. The fourth-order valence-electron chi connectivity index (χ4n) is 2.72. The van der Waals surface area contributed by atoms with Crippen molar-refractivity contribution in [1.82, 2.24) is 0 Å². The van der Waals surface area contributed by atoms with Crippen LogP contribution < -0.4 is 9.64 Å². The number of ether oxygens (including phenoxy) is 1. The first kappa shape index (κ1) is 21.1. The lowest BCUT2D eigenvalue weighted by molar-refractivity contribution is -0.136. The van der Waals surface area contributed by atoms with Crippen LogP contribution in [0.3, 0.4) is 0 Å². The van der Waals surface area contributed by atoms with Crippen molar-refractivity contribution in [1.29, 1.82) is 0 Å². The van der Waals surface area contributed by atoms with Gasteiger partial charge >= 0.3 is 5.97 Å². The average molecular weight is 384 g/mol. The molecule has 0 bridgehead atoms. The van der Waals surface area contributed by atoms with Gasteiger partial charge in [-0.1, -0.05) is 24.3 Å². The number of aliphatic imine (C=N–C) groups is 1. The number of amides is 1. The number of benzene rings is 2. The fraction of sp³-hybridized carbons (Fsp3) is 0.286. The van der Waals surface area contributed by atoms with E-state index in [2.05, 4.69) is 4.99 Å². The standard InChI is InChI=1S/C21H24N2O5/c1-15(17-7-5-16(6-8-17)4-3-11-24)22-19-10-9-18(28-2)12-20(19)23(14-25)13-21(26)27/h5-10,12,14,24H,3-4,11,13H2,1-2H3,(H,26,27)/b22-15+. The molecule has 0 saturated heterocycles. The molecule has 0 aromatic heterocycles. The first-order chi connectivity index (χ1) is 13.5. The van der Waals surface area contributed by atoms with Gasteiger partial charge < -0.3 is 19.8 Å². The molecule has 0 unspecified atom stereocenters. The summed E-state index contributed by atoms with van der Waals surface area (Å²) in [6.45, 7) is 1.53. The monoisotopic (exact) mass is 384 g/mol. The van der Waals surface area contributed by atoms with Crippen molar-refractivity contribution < 1.29 is 24.5 Å². The predicted octanol–water partition coefficient (Wildman–Crippen LogP) is 2.81. The van der Waals surface area contributed by atoms with Crippen LogP contribution in [-0.4, -0.2) is 48.6 Å². The van der Waals surface area contributed by atoms with Crippen molar-refractivity contribution in [2.45, 2.75) is 19.8 Å². The van der Waals surface area contributed by atoms with Crippen LogP contribution in [0.5, 0.6) is 5.75 Å². The molecule has 0 aliphatic carbocycles. The van der Waals surface area contributed by atoms with Crippen molar-refractivity contribution in [2.24, 2.45) is 4.99 Å².